The summed E-state index contributed by atoms with van der Waals surface area (Å²) in [4.78, 5) is 12.1. The van der Waals surface area contributed by atoms with Gasteiger partial charge in [-0.1, -0.05) is 36.3 Å². The largest absolute Gasteiger partial charge is 0.466 e. The van der Waals surface area contributed by atoms with Crippen molar-refractivity contribution in [1.82, 2.24) is 0 Å². The van der Waals surface area contributed by atoms with Gasteiger partial charge in [0.05, 0.1) is 12.5 Å². The predicted octanol–water partition coefficient (Wildman–Crippen LogP) is 3.47. The molecule has 1 aliphatic carbocycles. The molecule has 0 heterocycles. The van der Waals surface area contributed by atoms with E-state index in [2.05, 4.69) is 5.92 Å². The van der Waals surface area contributed by atoms with Crippen LogP contribution in [0.5, 0.6) is 0 Å². The maximum Gasteiger partial charge on any atom is 0.309 e. The van der Waals surface area contributed by atoms with Crippen molar-refractivity contribution in [3.63, 3.8) is 0 Å². The third kappa shape index (κ3) is 3.01. The summed E-state index contributed by atoms with van der Waals surface area (Å²) in [6, 6.07) is 9.51. The van der Waals surface area contributed by atoms with Gasteiger partial charge in [-0.05, 0) is 25.3 Å². The maximum absolute atomic E-state index is 14.5. The summed E-state index contributed by atoms with van der Waals surface area (Å²) in [6.45, 7) is 2.12. The molecule has 1 unspecified atom stereocenters. The molecule has 1 saturated carbocycles. The van der Waals surface area contributed by atoms with Crippen molar-refractivity contribution in [3.05, 3.63) is 35.9 Å². The molecule has 1 aliphatic rings. The van der Waals surface area contributed by atoms with E-state index in [1.165, 1.54) is 0 Å². The second-order valence-electron chi connectivity index (χ2n) is 5.23. The Hall–Kier alpha value is -1.82. The van der Waals surface area contributed by atoms with E-state index in [1.54, 1.807) is 6.92 Å². The van der Waals surface area contributed by atoms with Gasteiger partial charge < -0.3 is 4.74 Å². The van der Waals surface area contributed by atoms with Crippen molar-refractivity contribution in [2.45, 2.75) is 37.8 Å². The van der Waals surface area contributed by atoms with E-state index < -0.39 is 5.67 Å². The summed E-state index contributed by atoms with van der Waals surface area (Å²) in [5.74, 6) is 1.47. The molecule has 2 nitrogen and oxygen atoms in total. The van der Waals surface area contributed by atoms with E-state index >= 15 is 0 Å². The summed E-state index contributed by atoms with van der Waals surface area (Å²) in [7, 11) is 0. The minimum atomic E-state index is -1.62. The van der Waals surface area contributed by atoms with Crippen LogP contribution >= 0.6 is 0 Å². The van der Waals surface area contributed by atoms with Gasteiger partial charge in [-0.2, -0.15) is 0 Å². The van der Waals surface area contributed by atoms with Gasteiger partial charge in [0.2, 0.25) is 0 Å². The number of halogens is 1. The van der Waals surface area contributed by atoms with Crippen LogP contribution in [0.2, 0.25) is 0 Å². The van der Waals surface area contributed by atoms with E-state index in [9.17, 15) is 9.18 Å². The summed E-state index contributed by atoms with van der Waals surface area (Å²) in [5.41, 5.74) is -0.675. The zero-order valence-electron chi connectivity index (χ0n) is 11.6. The first-order valence-electron chi connectivity index (χ1n) is 6.98. The molecule has 2 rings (SSSR count). The molecule has 0 spiro atoms. The molecule has 106 valence electrons. The molecule has 0 saturated heterocycles. The Balaban J connectivity index is 2.28. The lowest BCUT2D eigenvalue weighted by atomic mass is 9.70. The Morgan fingerprint density at radius 2 is 2.20 bits per heavy atom. The maximum atomic E-state index is 14.5. The van der Waals surface area contributed by atoms with Crippen molar-refractivity contribution >= 4 is 5.97 Å². The zero-order chi connectivity index (χ0) is 14.6. The lowest BCUT2D eigenvalue weighted by Crippen LogP contribution is -2.37. The van der Waals surface area contributed by atoms with Crippen LogP contribution in [-0.4, -0.2) is 18.2 Å². The summed E-state index contributed by atoms with van der Waals surface area (Å²) < 4.78 is 19.6. The number of benzene rings is 1. The molecule has 0 aromatic heterocycles. The van der Waals surface area contributed by atoms with Crippen molar-refractivity contribution in [1.29, 1.82) is 0 Å². The fourth-order valence-corrected chi connectivity index (χ4v) is 2.89. The van der Waals surface area contributed by atoms with Crippen LogP contribution in [0.1, 0.15) is 37.7 Å². The number of rotatable bonds is 3. The number of hydrogen-bond donors (Lipinski definition) is 0. The average Bonchev–Trinajstić information content (AvgIpc) is 2.48. The molecule has 0 bridgehead atoms. The van der Waals surface area contributed by atoms with Crippen LogP contribution in [-0.2, 0) is 9.53 Å². The Morgan fingerprint density at radius 3 is 2.80 bits per heavy atom. The molecule has 0 aliphatic heterocycles. The Kier molecular flexibility index (Phi) is 4.44. The standard InChI is InChI=1S/C17H19FO2/c1-3-17(18)11-10-14(16(19)20-4-2)15(12-17)13-8-6-5-7-9-13/h1,5-9,14-15H,4,10-12H2,2H3/t14-,15+,17?/m0/s1. The zero-order valence-corrected chi connectivity index (χ0v) is 11.6. The van der Waals surface area contributed by atoms with Crippen molar-refractivity contribution in [2.75, 3.05) is 6.61 Å². The highest BCUT2D eigenvalue weighted by Gasteiger charge is 2.44. The summed E-state index contributed by atoms with van der Waals surface area (Å²) >= 11 is 0. The van der Waals surface area contributed by atoms with E-state index in [0.717, 1.165) is 5.56 Å². The molecule has 3 heteroatoms. The number of alkyl halides is 1. The van der Waals surface area contributed by atoms with Crippen LogP contribution in [0, 0.1) is 18.3 Å². The van der Waals surface area contributed by atoms with Crippen molar-refractivity contribution < 1.29 is 13.9 Å². The molecule has 20 heavy (non-hydrogen) atoms. The van der Waals surface area contributed by atoms with Gasteiger partial charge >= 0.3 is 5.97 Å². The molecule has 0 radical (unpaired) electrons. The molecule has 1 fully saturated rings. The van der Waals surface area contributed by atoms with Crippen molar-refractivity contribution in [3.8, 4) is 12.3 Å². The van der Waals surface area contributed by atoms with Crippen LogP contribution < -0.4 is 0 Å². The lowest BCUT2D eigenvalue weighted by molar-refractivity contribution is -0.150. The summed E-state index contributed by atoms with van der Waals surface area (Å²) in [6.07, 6.45) is 6.14. The van der Waals surface area contributed by atoms with Crippen LogP contribution in [0.25, 0.3) is 0 Å². The first-order valence-corrected chi connectivity index (χ1v) is 6.98. The lowest BCUT2D eigenvalue weighted by Gasteiger charge is -2.36. The van der Waals surface area contributed by atoms with E-state index in [-0.39, 0.29) is 30.6 Å². The summed E-state index contributed by atoms with van der Waals surface area (Å²) in [5, 5.41) is 0. The topological polar surface area (TPSA) is 26.3 Å². The van der Waals surface area contributed by atoms with Crippen LogP contribution in [0.4, 0.5) is 4.39 Å². The highest BCUT2D eigenvalue weighted by molar-refractivity contribution is 5.74. The number of esters is 1. The third-order valence-corrected chi connectivity index (χ3v) is 3.96. The normalized spacial score (nSPS) is 29.4. The highest BCUT2D eigenvalue weighted by atomic mass is 19.1. The smallest absolute Gasteiger partial charge is 0.309 e. The molecule has 0 N–H and O–H groups in total. The molecular formula is C17H19FO2. The van der Waals surface area contributed by atoms with Crippen molar-refractivity contribution in [2.24, 2.45) is 5.92 Å². The van der Waals surface area contributed by atoms with Crippen LogP contribution in [0.15, 0.2) is 30.3 Å². The Morgan fingerprint density at radius 1 is 1.50 bits per heavy atom. The first kappa shape index (κ1) is 14.6. The van der Waals surface area contributed by atoms with Gasteiger partial charge in [0, 0.05) is 12.3 Å². The third-order valence-electron chi connectivity index (χ3n) is 3.96. The van der Waals surface area contributed by atoms with Crippen LogP contribution in [0.3, 0.4) is 0 Å². The van der Waals surface area contributed by atoms with Gasteiger partial charge in [0.25, 0.3) is 0 Å². The minimum Gasteiger partial charge on any atom is -0.466 e. The van der Waals surface area contributed by atoms with Gasteiger partial charge in [0.1, 0.15) is 0 Å². The average molecular weight is 274 g/mol. The Labute approximate surface area is 119 Å². The predicted molar refractivity (Wildman–Crippen MR) is 75.8 cm³/mol. The number of terminal acetylenes is 1. The second kappa shape index (κ2) is 6.09. The monoisotopic (exact) mass is 274 g/mol. The van der Waals surface area contributed by atoms with Gasteiger partial charge in [-0.25, -0.2) is 4.39 Å². The number of carbonyl (C=O) groups is 1. The second-order valence-corrected chi connectivity index (χ2v) is 5.23. The molecule has 3 atom stereocenters. The molecular weight excluding hydrogens is 255 g/mol. The molecule has 1 aromatic carbocycles. The number of carbonyl (C=O) groups excluding carboxylic acids is 1. The SMILES string of the molecule is C#CC1(F)CC[C@H](C(=O)OCC)[C@@H](c2ccccc2)C1. The number of hydrogen-bond acceptors (Lipinski definition) is 2. The van der Waals surface area contributed by atoms with E-state index in [4.69, 9.17) is 11.2 Å². The number of ether oxygens (including phenoxy) is 1. The van der Waals surface area contributed by atoms with E-state index in [0.29, 0.717) is 13.0 Å². The quantitative estimate of drug-likeness (QED) is 0.623. The minimum absolute atomic E-state index is 0.178. The van der Waals surface area contributed by atoms with Gasteiger partial charge in [0.15, 0.2) is 5.67 Å². The fourth-order valence-electron chi connectivity index (χ4n) is 2.89. The Bertz CT molecular complexity index is 505. The van der Waals surface area contributed by atoms with Gasteiger partial charge in [-0.15, -0.1) is 6.42 Å². The highest BCUT2D eigenvalue weighted by Crippen LogP contribution is 2.44. The molecule has 1 aromatic rings. The first-order chi connectivity index (χ1) is 9.59. The fraction of sp³-hybridized carbons (Fsp3) is 0.471. The molecule has 0 amide bonds. The van der Waals surface area contributed by atoms with E-state index in [1.807, 2.05) is 30.3 Å². The van der Waals surface area contributed by atoms with Gasteiger partial charge in [-0.3, -0.25) is 4.79 Å².